The molecule has 1 aromatic rings. The molecule has 0 spiro atoms. The lowest BCUT2D eigenvalue weighted by Gasteiger charge is -2.21. The molecule has 1 aliphatic carbocycles. The normalized spacial score (nSPS) is 16.3. The third-order valence-corrected chi connectivity index (χ3v) is 3.95. The average molecular weight is 276 g/mol. The summed E-state index contributed by atoms with van der Waals surface area (Å²) in [7, 11) is 0. The van der Waals surface area contributed by atoms with Gasteiger partial charge in [-0.25, -0.2) is 9.97 Å². The van der Waals surface area contributed by atoms with E-state index >= 15 is 0 Å². The SMILES string of the molecule is Cc1cc(C)nc(NCCCNCC2CCCCC2)n1. The summed E-state index contributed by atoms with van der Waals surface area (Å²) in [6.07, 6.45) is 8.25. The van der Waals surface area contributed by atoms with Gasteiger partial charge in [-0.05, 0) is 58.2 Å². The quantitative estimate of drug-likeness (QED) is 0.752. The van der Waals surface area contributed by atoms with Gasteiger partial charge in [0.1, 0.15) is 0 Å². The summed E-state index contributed by atoms with van der Waals surface area (Å²) >= 11 is 0. The van der Waals surface area contributed by atoms with E-state index in [0.717, 1.165) is 42.8 Å². The fourth-order valence-corrected chi connectivity index (χ4v) is 2.92. The van der Waals surface area contributed by atoms with E-state index < -0.39 is 0 Å². The van der Waals surface area contributed by atoms with Crippen LogP contribution in [0, 0.1) is 19.8 Å². The zero-order valence-corrected chi connectivity index (χ0v) is 12.9. The van der Waals surface area contributed by atoms with Gasteiger partial charge < -0.3 is 10.6 Å². The van der Waals surface area contributed by atoms with E-state index in [1.165, 1.54) is 38.6 Å². The summed E-state index contributed by atoms with van der Waals surface area (Å²) in [4.78, 5) is 8.77. The van der Waals surface area contributed by atoms with Crippen molar-refractivity contribution in [2.24, 2.45) is 5.92 Å². The monoisotopic (exact) mass is 276 g/mol. The minimum atomic E-state index is 0.759. The number of aromatic nitrogens is 2. The van der Waals surface area contributed by atoms with Gasteiger partial charge in [-0.2, -0.15) is 0 Å². The van der Waals surface area contributed by atoms with Crippen molar-refractivity contribution in [3.63, 3.8) is 0 Å². The van der Waals surface area contributed by atoms with Crippen LogP contribution in [0.2, 0.25) is 0 Å². The third-order valence-electron chi connectivity index (χ3n) is 3.95. The molecule has 1 fully saturated rings. The van der Waals surface area contributed by atoms with Crippen LogP contribution in [0.3, 0.4) is 0 Å². The molecule has 2 rings (SSSR count). The Labute approximate surface area is 122 Å². The van der Waals surface area contributed by atoms with Gasteiger partial charge in [-0.15, -0.1) is 0 Å². The van der Waals surface area contributed by atoms with Crippen LogP contribution in [0.5, 0.6) is 0 Å². The lowest BCUT2D eigenvalue weighted by atomic mass is 9.89. The number of aryl methyl sites for hydroxylation is 2. The van der Waals surface area contributed by atoms with Crippen molar-refractivity contribution in [1.29, 1.82) is 0 Å². The van der Waals surface area contributed by atoms with E-state index in [2.05, 4.69) is 20.6 Å². The van der Waals surface area contributed by atoms with Gasteiger partial charge in [0.15, 0.2) is 0 Å². The maximum Gasteiger partial charge on any atom is 0.223 e. The number of nitrogens with zero attached hydrogens (tertiary/aromatic N) is 2. The number of anilines is 1. The predicted molar refractivity (Wildman–Crippen MR) is 84.1 cm³/mol. The molecule has 112 valence electrons. The maximum atomic E-state index is 4.38. The molecule has 0 aliphatic heterocycles. The van der Waals surface area contributed by atoms with Crippen LogP contribution in [-0.2, 0) is 0 Å². The second-order valence-electron chi connectivity index (χ2n) is 5.96. The Morgan fingerprint density at radius 1 is 1.05 bits per heavy atom. The summed E-state index contributed by atoms with van der Waals surface area (Å²) in [6, 6.07) is 2.00. The molecular weight excluding hydrogens is 248 g/mol. The van der Waals surface area contributed by atoms with Crippen molar-refractivity contribution in [3.8, 4) is 0 Å². The molecule has 0 aromatic carbocycles. The predicted octanol–water partition coefficient (Wildman–Crippen LogP) is 3.07. The molecule has 1 heterocycles. The fraction of sp³-hybridized carbons (Fsp3) is 0.750. The van der Waals surface area contributed by atoms with Gasteiger partial charge in [0.05, 0.1) is 0 Å². The van der Waals surface area contributed by atoms with E-state index in [9.17, 15) is 0 Å². The third kappa shape index (κ3) is 5.45. The Kier molecular flexibility index (Phi) is 6.25. The summed E-state index contributed by atoms with van der Waals surface area (Å²) in [5.41, 5.74) is 2.05. The Morgan fingerprint density at radius 3 is 2.45 bits per heavy atom. The number of nitrogens with one attached hydrogen (secondary N) is 2. The minimum absolute atomic E-state index is 0.759. The first kappa shape index (κ1) is 15.2. The summed E-state index contributed by atoms with van der Waals surface area (Å²) < 4.78 is 0. The highest BCUT2D eigenvalue weighted by molar-refractivity contribution is 5.27. The van der Waals surface area contributed by atoms with Gasteiger partial charge in [0, 0.05) is 17.9 Å². The minimum Gasteiger partial charge on any atom is -0.354 e. The van der Waals surface area contributed by atoms with Crippen molar-refractivity contribution in [1.82, 2.24) is 15.3 Å². The number of hydrogen-bond donors (Lipinski definition) is 2. The van der Waals surface area contributed by atoms with Crippen LogP contribution in [0.25, 0.3) is 0 Å². The molecule has 0 amide bonds. The van der Waals surface area contributed by atoms with Crippen LogP contribution in [0.1, 0.15) is 49.9 Å². The number of hydrogen-bond acceptors (Lipinski definition) is 4. The molecule has 1 saturated carbocycles. The molecule has 2 N–H and O–H groups in total. The molecule has 4 nitrogen and oxygen atoms in total. The van der Waals surface area contributed by atoms with Crippen LogP contribution in [0.4, 0.5) is 5.95 Å². The van der Waals surface area contributed by atoms with Crippen molar-refractivity contribution in [2.75, 3.05) is 25.0 Å². The highest BCUT2D eigenvalue weighted by Crippen LogP contribution is 2.22. The lowest BCUT2D eigenvalue weighted by molar-refractivity contribution is 0.342. The van der Waals surface area contributed by atoms with Crippen LogP contribution < -0.4 is 10.6 Å². The standard InChI is InChI=1S/C16H28N4/c1-13-11-14(2)20-16(19-13)18-10-6-9-17-12-15-7-4-3-5-8-15/h11,15,17H,3-10,12H2,1-2H3,(H,18,19,20). The molecule has 1 aromatic heterocycles. The van der Waals surface area contributed by atoms with Crippen molar-refractivity contribution >= 4 is 5.95 Å². The first-order valence-corrected chi connectivity index (χ1v) is 8.01. The average Bonchev–Trinajstić information content (AvgIpc) is 2.43. The lowest BCUT2D eigenvalue weighted by Crippen LogP contribution is -2.26. The first-order valence-electron chi connectivity index (χ1n) is 8.01. The van der Waals surface area contributed by atoms with Gasteiger partial charge in [0.25, 0.3) is 0 Å². The van der Waals surface area contributed by atoms with Gasteiger partial charge in [-0.1, -0.05) is 19.3 Å². The summed E-state index contributed by atoms with van der Waals surface area (Å²) in [5, 5.41) is 6.89. The van der Waals surface area contributed by atoms with E-state index in [4.69, 9.17) is 0 Å². The van der Waals surface area contributed by atoms with Crippen LogP contribution >= 0.6 is 0 Å². The van der Waals surface area contributed by atoms with E-state index in [0.29, 0.717) is 0 Å². The second-order valence-corrected chi connectivity index (χ2v) is 5.96. The largest absolute Gasteiger partial charge is 0.354 e. The van der Waals surface area contributed by atoms with E-state index in [1.54, 1.807) is 0 Å². The Bertz CT molecular complexity index is 379. The first-order chi connectivity index (χ1) is 9.74. The van der Waals surface area contributed by atoms with Crippen molar-refractivity contribution < 1.29 is 0 Å². The molecule has 4 heteroatoms. The molecule has 0 unspecified atom stereocenters. The van der Waals surface area contributed by atoms with Crippen LogP contribution in [-0.4, -0.2) is 29.6 Å². The number of rotatable bonds is 7. The topological polar surface area (TPSA) is 49.8 Å². The summed E-state index contributed by atoms with van der Waals surface area (Å²) in [5.74, 6) is 1.68. The molecular formula is C16H28N4. The Hall–Kier alpha value is -1.16. The molecule has 1 aliphatic rings. The van der Waals surface area contributed by atoms with Gasteiger partial charge in [-0.3, -0.25) is 0 Å². The fourth-order valence-electron chi connectivity index (χ4n) is 2.92. The van der Waals surface area contributed by atoms with Crippen molar-refractivity contribution in [2.45, 2.75) is 52.4 Å². The Morgan fingerprint density at radius 2 is 1.75 bits per heavy atom. The smallest absolute Gasteiger partial charge is 0.223 e. The summed E-state index contributed by atoms with van der Waals surface area (Å²) in [6.45, 7) is 7.21. The highest BCUT2D eigenvalue weighted by atomic mass is 15.1. The van der Waals surface area contributed by atoms with Gasteiger partial charge in [0.2, 0.25) is 5.95 Å². The molecule has 0 saturated heterocycles. The second kappa shape index (κ2) is 8.20. The van der Waals surface area contributed by atoms with E-state index in [-0.39, 0.29) is 0 Å². The zero-order valence-electron chi connectivity index (χ0n) is 12.9. The molecule has 0 radical (unpaired) electrons. The highest BCUT2D eigenvalue weighted by Gasteiger charge is 2.12. The van der Waals surface area contributed by atoms with E-state index in [1.807, 2.05) is 19.9 Å². The van der Waals surface area contributed by atoms with Crippen LogP contribution in [0.15, 0.2) is 6.07 Å². The zero-order chi connectivity index (χ0) is 14.2. The molecule has 0 bridgehead atoms. The van der Waals surface area contributed by atoms with Crippen molar-refractivity contribution in [3.05, 3.63) is 17.5 Å². The Balaban J connectivity index is 1.54. The molecule has 0 atom stereocenters. The molecule has 20 heavy (non-hydrogen) atoms. The van der Waals surface area contributed by atoms with Gasteiger partial charge >= 0.3 is 0 Å². The maximum absolute atomic E-state index is 4.38.